The minimum absolute atomic E-state index is 0.875. The number of rotatable bonds is 26. The third kappa shape index (κ3) is 20.6. The molecule has 37 heavy (non-hydrogen) atoms. The highest BCUT2D eigenvalue weighted by Crippen LogP contribution is 2.20. The lowest BCUT2D eigenvalue weighted by Crippen LogP contribution is -2.25. The van der Waals surface area contributed by atoms with Crippen molar-refractivity contribution in [1.29, 1.82) is 0 Å². The second kappa shape index (κ2) is 24.1. The molecule has 0 spiro atoms. The van der Waals surface area contributed by atoms with E-state index in [9.17, 15) is 0 Å². The summed E-state index contributed by atoms with van der Waals surface area (Å²) in [6.45, 7) is 14.1. The number of benzene rings is 1. The maximum absolute atomic E-state index is 2.70. The van der Waals surface area contributed by atoms with Crippen molar-refractivity contribution in [3.05, 3.63) is 29.8 Å². The SMILES string of the molecule is CCCCc1ccc(N(CCCCCCCCCCC(C)C)CCCCCCCCCCC(C)C)cc1. The van der Waals surface area contributed by atoms with E-state index in [1.165, 1.54) is 159 Å². The summed E-state index contributed by atoms with van der Waals surface area (Å²) in [5.41, 5.74) is 2.96. The first-order chi connectivity index (χ1) is 18.0. The molecule has 0 N–H and O–H groups in total. The molecule has 0 aliphatic carbocycles. The van der Waals surface area contributed by atoms with Crippen LogP contribution in [0.25, 0.3) is 0 Å². The Hall–Kier alpha value is -0.980. The van der Waals surface area contributed by atoms with Crippen molar-refractivity contribution in [2.75, 3.05) is 18.0 Å². The molecule has 0 aliphatic rings. The highest BCUT2D eigenvalue weighted by atomic mass is 15.1. The maximum Gasteiger partial charge on any atom is 0.0366 e. The molecule has 0 bridgehead atoms. The van der Waals surface area contributed by atoms with Gasteiger partial charge in [-0.3, -0.25) is 0 Å². The molecule has 1 aromatic carbocycles. The Bertz CT molecular complexity index is 559. The van der Waals surface area contributed by atoms with Crippen molar-refractivity contribution in [2.45, 2.75) is 169 Å². The highest BCUT2D eigenvalue weighted by Gasteiger charge is 2.07. The molecule has 0 saturated heterocycles. The molecule has 1 nitrogen and oxygen atoms in total. The van der Waals surface area contributed by atoms with Crippen LogP contribution in [0, 0.1) is 11.8 Å². The number of anilines is 1. The standard InChI is InChI=1S/C36H67N/c1-6-7-26-35-27-29-36(30-28-35)37(31-22-18-14-10-8-12-16-20-24-33(2)3)32-23-19-15-11-9-13-17-21-25-34(4)5/h27-30,33-34H,6-26,31-32H2,1-5H3. The Kier molecular flexibility index (Phi) is 22.2. The summed E-state index contributed by atoms with van der Waals surface area (Å²) in [7, 11) is 0. The zero-order valence-electron chi connectivity index (χ0n) is 26.2. The van der Waals surface area contributed by atoms with Gasteiger partial charge in [0.1, 0.15) is 0 Å². The van der Waals surface area contributed by atoms with Gasteiger partial charge in [0, 0.05) is 18.8 Å². The van der Waals surface area contributed by atoms with E-state index in [-0.39, 0.29) is 0 Å². The summed E-state index contributed by atoms with van der Waals surface area (Å²) >= 11 is 0. The molecule has 0 radical (unpaired) electrons. The van der Waals surface area contributed by atoms with Gasteiger partial charge in [-0.1, -0.05) is 156 Å². The van der Waals surface area contributed by atoms with Gasteiger partial charge in [0.25, 0.3) is 0 Å². The van der Waals surface area contributed by atoms with Gasteiger partial charge in [0.15, 0.2) is 0 Å². The molecule has 216 valence electrons. The number of aryl methyl sites for hydroxylation is 1. The fourth-order valence-electron chi connectivity index (χ4n) is 5.46. The van der Waals surface area contributed by atoms with Crippen LogP contribution in [0.2, 0.25) is 0 Å². The van der Waals surface area contributed by atoms with Crippen LogP contribution in [-0.4, -0.2) is 13.1 Å². The van der Waals surface area contributed by atoms with Crippen LogP contribution < -0.4 is 4.90 Å². The first-order valence-electron chi connectivity index (χ1n) is 16.9. The van der Waals surface area contributed by atoms with Crippen molar-refractivity contribution in [3.8, 4) is 0 Å². The van der Waals surface area contributed by atoms with Crippen LogP contribution in [-0.2, 0) is 6.42 Å². The van der Waals surface area contributed by atoms with Crippen molar-refractivity contribution in [1.82, 2.24) is 0 Å². The maximum atomic E-state index is 2.70. The summed E-state index contributed by atoms with van der Waals surface area (Å²) < 4.78 is 0. The normalized spacial score (nSPS) is 11.6. The molecule has 0 amide bonds. The summed E-state index contributed by atoms with van der Waals surface area (Å²) in [4.78, 5) is 2.70. The number of nitrogens with zero attached hydrogens (tertiary/aromatic N) is 1. The predicted octanol–water partition coefficient (Wildman–Crippen LogP) is 12.2. The first-order valence-corrected chi connectivity index (χ1v) is 16.9. The van der Waals surface area contributed by atoms with E-state index < -0.39 is 0 Å². The van der Waals surface area contributed by atoms with Crippen molar-refractivity contribution in [3.63, 3.8) is 0 Å². The molecular formula is C36H67N. The van der Waals surface area contributed by atoms with Gasteiger partial charge in [-0.2, -0.15) is 0 Å². The van der Waals surface area contributed by atoms with Gasteiger partial charge in [-0.25, -0.2) is 0 Å². The van der Waals surface area contributed by atoms with Crippen molar-refractivity contribution in [2.24, 2.45) is 11.8 Å². The van der Waals surface area contributed by atoms with Crippen LogP contribution in [0.1, 0.15) is 169 Å². The van der Waals surface area contributed by atoms with Crippen LogP contribution in [0.5, 0.6) is 0 Å². The van der Waals surface area contributed by atoms with Gasteiger partial charge in [-0.05, 0) is 55.2 Å². The van der Waals surface area contributed by atoms with Gasteiger partial charge in [-0.15, -0.1) is 0 Å². The molecule has 1 heteroatoms. The van der Waals surface area contributed by atoms with Crippen LogP contribution >= 0.6 is 0 Å². The smallest absolute Gasteiger partial charge is 0.0366 e. The fourth-order valence-corrected chi connectivity index (χ4v) is 5.46. The topological polar surface area (TPSA) is 3.24 Å². The van der Waals surface area contributed by atoms with E-state index in [2.05, 4.69) is 63.8 Å². The lowest BCUT2D eigenvalue weighted by Gasteiger charge is -2.25. The van der Waals surface area contributed by atoms with Crippen LogP contribution in [0.3, 0.4) is 0 Å². The van der Waals surface area contributed by atoms with E-state index in [1.54, 1.807) is 0 Å². The Balaban J connectivity index is 2.28. The third-order valence-corrected chi connectivity index (χ3v) is 8.04. The lowest BCUT2D eigenvalue weighted by atomic mass is 10.0. The second-order valence-electron chi connectivity index (χ2n) is 12.8. The first kappa shape index (κ1) is 34.0. The summed E-state index contributed by atoms with van der Waals surface area (Å²) in [6.07, 6.45) is 29.4. The molecule has 0 unspecified atom stereocenters. The van der Waals surface area contributed by atoms with E-state index in [4.69, 9.17) is 0 Å². The largest absolute Gasteiger partial charge is 0.372 e. The molecule has 0 atom stereocenters. The highest BCUT2D eigenvalue weighted by molar-refractivity contribution is 5.47. The molecule has 0 heterocycles. The Morgan fingerprint density at radius 1 is 0.486 bits per heavy atom. The van der Waals surface area contributed by atoms with E-state index in [1.807, 2.05) is 0 Å². The molecule has 0 aliphatic heterocycles. The fraction of sp³-hybridized carbons (Fsp3) is 0.833. The van der Waals surface area contributed by atoms with Gasteiger partial charge < -0.3 is 4.90 Å². The Morgan fingerprint density at radius 3 is 1.24 bits per heavy atom. The zero-order chi connectivity index (χ0) is 27.0. The van der Waals surface area contributed by atoms with Crippen LogP contribution in [0.4, 0.5) is 5.69 Å². The Labute approximate surface area is 234 Å². The quantitative estimate of drug-likeness (QED) is 0.111. The molecule has 0 saturated carbocycles. The predicted molar refractivity (Wildman–Crippen MR) is 170 cm³/mol. The van der Waals surface area contributed by atoms with E-state index >= 15 is 0 Å². The molecule has 0 aromatic heterocycles. The molecule has 1 rings (SSSR count). The lowest BCUT2D eigenvalue weighted by molar-refractivity contribution is 0.504. The average Bonchev–Trinajstić information content (AvgIpc) is 2.88. The summed E-state index contributed by atoms with van der Waals surface area (Å²) in [6, 6.07) is 9.58. The monoisotopic (exact) mass is 514 g/mol. The van der Waals surface area contributed by atoms with Crippen LogP contribution in [0.15, 0.2) is 24.3 Å². The van der Waals surface area contributed by atoms with Gasteiger partial charge in [0.05, 0.1) is 0 Å². The zero-order valence-corrected chi connectivity index (χ0v) is 26.2. The second-order valence-corrected chi connectivity index (χ2v) is 12.8. The number of hydrogen-bond donors (Lipinski definition) is 0. The summed E-state index contributed by atoms with van der Waals surface area (Å²) in [5.74, 6) is 1.75. The van der Waals surface area contributed by atoms with Crippen molar-refractivity contribution < 1.29 is 0 Å². The molecule has 0 fully saturated rings. The van der Waals surface area contributed by atoms with Gasteiger partial charge in [0.2, 0.25) is 0 Å². The summed E-state index contributed by atoms with van der Waals surface area (Å²) in [5, 5.41) is 0. The van der Waals surface area contributed by atoms with Crippen molar-refractivity contribution >= 4 is 5.69 Å². The van der Waals surface area contributed by atoms with E-state index in [0.717, 1.165) is 11.8 Å². The number of unbranched alkanes of at least 4 members (excludes halogenated alkanes) is 15. The minimum Gasteiger partial charge on any atom is -0.372 e. The molecule has 1 aromatic rings. The molecular weight excluding hydrogens is 446 g/mol. The minimum atomic E-state index is 0.875. The number of hydrogen-bond acceptors (Lipinski definition) is 1. The Morgan fingerprint density at radius 2 is 0.865 bits per heavy atom. The van der Waals surface area contributed by atoms with Gasteiger partial charge >= 0.3 is 0 Å². The third-order valence-electron chi connectivity index (χ3n) is 8.04. The van der Waals surface area contributed by atoms with E-state index in [0.29, 0.717) is 0 Å². The average molecular weight is 514 g/mol.